The molecule has 1 saturated heterocycles. The Balaban J connectivity index is 1.56. The van der Waals surface area contributed by atoms with Gasteiger partial charge in [0.05, 0.1) is 6.20 Å². The molecule has 1 aliphatic rings. The van der Waals surface area contributed by atoms with Gasteiger partial charge >= 0.3 is 6.03 Å². The second-order valence-corrected chi connectivity index (χ2v) is 5.89. The second-order valence-electron chi connectivity index (χ2n) is 5.89. The largest absolute Gasteiger partial charge is 0.372 e. The van der Waals surface area contributed by atoms with Crippen molar-refractivity contribution in [2.75, 3.05) is 28.6 Å². The lowest BCUT2D eigenvalue weighted by atomic mass is 9.99. The van der Waals surface area contributed by atoms with E-state index < -0.39 is 0 Å². The van der Waals surface area contributed by atoms with E-state index in [1.165, 1.54) is 30.9 Å². The van der Waals surface area contributed by atoms with Gasteiger partial charge in [-0.1, -0.05) is 6.92 Å². The zero-order valence-electron chi connectivity index (χ0n) is 13.2. The van der Waals surface area contributed by atoms with Crippen LogP contribution in [0.25, 0.3) is 0 Å². The summed E-state index contributed by atoms with van der Waals surface area (Å²) in [7, 11) is 0. The van der Waals surface area contributed by atoms with Gasteiger partial charge in [0.25, 0.3) is 0 Å². The maximum absolute atomic E-state index is 11.9. The van der Waals surface area contributed by atoms with Crippen molar-refractivity contribution in [2.45, 2.75) is 19.8 Å². The van der Waals surface area contributed by atoms with Crippen LogP contribution >= 0.6 is 0 Å². The molecule has 0 radical (unpaired) electrons. The average Bonchev–Trinajstić information content (AvgIpc) is 2.57. The van der Waals surface area contributed by atoms with Gasteiger partial charge in [0.2, 0.25) is 0 Å². The summed E-state index contributed by atoms with van der Waals surface area (Å²) in [6, 6.07) is 7.61. The molecule has 0 spiro atoms. The molecule has 120 valence electrons. The minimum Gasteiger partial charge on any atom is -0.372 e. The third-order valence-corrected chi connectivity index (χ3v) is 4.08. The van der Waals surface area contributed by atoms with Crippen LogP contribution in [-0.4, -0.2) is 29.1 Å². The molecule has 1 aromatic carbocycles. The summed E-state index contributed by atoms with van der Waals surface area (Å²) in [5.41, 5.74) is 1.96. The smallest absolute Gasteiger partial charge is 0.324 e. The minimum absolute atomic E-state index is 0.329. The molecule has 0 unspecified atom stereocenters. The van der Waals surface area contributed by atoms with Crippen molar-refractivity contribution < 1.29 is 4.79 Å². The van der Waals surface area contributed by atoms with E-state index in [1.54, 1.807) is 6.20 Å². The molecule has 3 rings (SSSR count). The summed E-state index contributed by atoms with van der Waals surface area (Å²) in [5.74, 6) is 1.24. The highest BCUT2D eigenvalue weighted by molar-refractivity contribution is 5.99. The Hall–Kier alpha value is -2.63. The van der Waals surface area contributed by atoms with Gasteiger partial charge in [-0.25, -0.2) is 9.78 Å². The van der Waals surface area contributed by atoms with E-state index in [1.807, 2.05) is 24.3 Å². The van der Waals surface area contributed by atoms with Crippen molar-refractivity contribution in [1.82, 2.24) is 9.97 Å². The Morgan fingerprint density at radius 3 is 2.52 bits per heavy atom. The van der Waals surface area contributed by atoms with Crippen LogP contribution in [0, 0.1) is 5.92 Å². The first-order valence-corrected chi connectivity index (χ1v) is 7.90. The predicted molar refractivity (Wildman–Crippen MR) is 91.7 cm³/mol. The van der Waals surface area contributed by atoms with Gasteiger partial charge in [-0.15, -0.1) is 0 Å². The molecule has 1 fully saturated rings. The van der Waals surface area contributed by atoms with Crippen molar-refractivity contribution in [2.24, 2.45) is 5.92 Å². The van der Waals surface area contributed by atoms with Crippen molar-refractivity contribution >= 4 is 23.2 Å². The van der Waals surface area contributed by atoms with Gasteiger partial charge in [-0.05, 0) is 43.0 Å². The van der Waals surface area contributed by atoms with Crippen molar-refractivity contribution in [3.05, 3.63) is 42.9 Å². The summed E-state index contributed by atoms with van der Waals surface area (Å²) < 4.78 is 0. The quantitative estimate of drug-likeness (QED) is 0.912. The lowest BCUT2D eigenvalue weighted by molar-refractivity contribution is 0.262. The number of anilines is 3. The summed E-state index contributed by atoms with van der Waals surface area (Å²) in [5, 5.41) is 5.43. The summed E-state index contributed by atoms with van der Waals surface area (Å²) in [6.45, 7) is 4.50. The number of hydrogen-bond donors (Lipinski definition) is 2. The Morgan fingerprint density at radius 1 is 1.13 bits per heavy atom. The molecule has 2 heterocycles. The minimum atomic E-state index is -0.329. The number of nitrogens with zero attached hydrogens (tertiary/aromatic N) is 3. The van der Waals surface area contributed by atoms with E-state index in [-0.39, 0.29) is 6.03 Å². The van der Waals surface area contributed by atoms with Crippen molar-refractivity contribution in [3.8, 4) is 0 Å². The highest BCUT2D eigenvalue weighted by Crippen LogP contribution is 2.24. The first kappa shape index (κ1) is 15.3. The molecular formula is C17H21N5O. The number of carbonyl (C=O) groups excluding carboxylic acids is 1. The molecule has 23 heavy (non-hydrogen) atoms. The lowest BCUT2D eigenvalue weighted by Gasteiger charge is -2.32. The fraction of sp³-hybridized carbons (Fsp3) is 0.353. The molecule has 1 aromatic heterocycles. The topological polar surface area (TPSA) is 70.2 Å². The molecule has 2 aromatic rings. The Labute approximate surface area is 135 Å². The van der Waals surface area contributed by atoms with E-state index >= 15 is 0 Å². The van der Waals surface area contributed by atoms with E-state index in [0.29, 0.717) is 5.82 Å². The SMILES string of the molecule is CC1CCN(c2ccc(NC(=O)Nc3cnccn3)cc2)CC1. The normalized spacial score (nSPS) is 15.3. The first-order chi connectivity index (χ1) is 11.2. The molecule has 2 amide bonds. The van der Waals surface area contributed by atoms with Crippen LogP contribution in [0.1, 0.15) is 19.8 Å². The van der Waals surface area contributed by atoms with Gasteiger partial charge in [-0.3, -0.25) is 10.3 Å². The van der Waals surface area contributed by atoms with Gasteiger partial charge < -0.3 is 10.2 Å². The predicted octanol–water partition coefficient (Wildman–Crippen LogP) is 3.36. The Morgan fingerprint density at radius 2 is 1.87 bits per heavy atom. The highest BCUT2D eigenvalue weighted by atomic mass is 16.2. The van der Waals surface area contributed by atoms with E-state index in [2.05, 4.69) is 32.4 Å². The van der Waals surface area contributed by atoms with E-state index in [0.717, 1.165) is 24.7 Å². The summed E-state index contributed by atoms with van der Waals surface area (Å²) in [6.07, 6.45) is 7.06. The number of urea groups is 1. The van der Waals surface area contributed by atoms with Crippen molar-refractivity contribution in [1.29, 1.82) is 0 Å². The molecule has 2 N–H and O–H groups in total. The summed E-state index contributed by atoms with van der Waals surface area (Å²) in [4.78, 5) is 22.2. The molecular weight excluding hydrogens is 290 g/mol. The third kappa shape index (κ3) is 4.18. The van der Waals surface area contributed by atoms with Crippen LogP contribution in [0.4, 0.5) is 22.0 Å². The maximum Gasteiger partial charge on any atom is 0.324 e. The molecule has 1 aliphatic heterocycles. The second kappa shape index (κ2) is 7.09. The lowest BCUT2D eigenvalue weighted by Crippen LogP contribution is -2.32. The standard InChI is InChI=1S/C17H21N5O/c1-13-6-10-22(11-7-13)15-4-2-14(3-5-15)20-17(23)21-16-12-18-8-9-19-16/h2-5,8-9,12-13H,6-7,10-11H2,1H3,(H2,19,20,21,23). The van der Waals surface area contributed by atoms with E-state index in [4.69, 9.17) is 0 Å². The zero-order chi connectivity index (χ0) is 16.1. The summed E-state index contributed by atoms with van der Waals surface area (Å²) >= 11 is 0. The van der Waals surface area contributed by atoms with E-state index in [9.17, 15) is 4.79 Å². The van der Waals surface area contributed by atoms with Crippen LogP contribution < -0.4 is 15.5 Å². The van der Waals surface area contributed by atoms with Crippen LogP contribution in [0.3, 0.4) is 0 Å². The number of hydrogen-bond acceptors (Lipinski definition) is 4. The zero-order valence-corrected chi connectivity index (χ0v) is 13.2. The fourth-order valence-corrected chi connectivity index (χ4v) is 2.66. The van der Waals surface area contributed by atoms with Crippen LogP contribution in [-0.2, 0) is 0 Å². The molecule has 0 bridgehead atoms. The van der Waals surface area contributed by atoms with Gasteiger partial charge in [0, 0.05) is 36.9 Å². The molecule has 0 aliphatic carbocycles. The Kier molecular flexibility index (Phi) is 4.71. The number of piperidine rings is 1. The monoisotopic (exact) mass is 311 g/mol. The van der Waals surface area contributed by atoms with Crippen molar-refractivity contribution in [3.63, 3.8) is 0 Å². The molecule has 0 saturated carbocycles. The first-order valence-electron chi connectivity index (χ1n) is 7.90. The number of rotatable bonds is 3. The van der Waals surface area contributed by atoms with Gasteiger partial charge in [-0.2, -0.15) is 0 Å². The molecule has 6 nitrogen and oxygen atoms in total. The fourth-order valence-electron chi connectivity index (χ4n) is 2.66. The molecule has 0 atom stereocenters. The maximum atomic E-state index is 11.9. The number of aromatic nitrogens is 2. The average molecular weight is 311 g/mol. The van der Waals surface area contributed by atoms with Gasteiger partial charge in [0.15, 0.2) is 5.82 Å². The van der Waals surface area contributed by atoms with Crippen LogP contribution in [0.15, 0.2) is 42.9 Å². The number of amides is 2. The Bertz CT molecular complexity index is 636. The highest BCUT2D eigenvalue weighted by Gasteiger charge is 2.15. The third-order valence-electron chi connectivity index (χ3n) is 4.08. The molecule has 6 heteroatoms. The van der Waals surface area contributed by atoms with Gasteiger partial charge in [0.1, 0.15) is 0 Å². The van der Waals surface area contributed by atoms with Crippen LogP contribution in [0.2, 0.25) is 0 Å². The van der Waals surface area contributed by atoms with Crippen LogP contribution in [0.5, 0.6) is 0 Å². The number of benzene rings is 1. The number of carbonyl (C=O) groups is 1. The number of nitrogens with one attached hydrogen (secondary N) is 2.